The van der Waals surface area contributed by atoms with Crippen molar-refractivity contribution in [1.82, 2.24) is 9.97 Å². The van der Waals surface area contributed by atoms with Gasteiger partial charge >= 0.3 is 5.97 Å². The maximum absolute atomic E-state index is 12.1. The average Bonchev–Trinajstić information content (AvgIpc) is 2.99. The number of H-pyrrole nitrogens is 1. The van der Waals surface area contributed by atoms with Gasteiger partial charge in [0.2, 0.25) is 0 Å². The van der Waals surface area contributed by atoms with Crippen LogP contribution >= 0.6 is 0 Å². The van der Waals surface area contributed by atoms with Gasteiger partial charge in [0.1, 0.15) is 0 Å². The molecule has 0 bridgehead atoms. The van der Waals surface area contributed by atoms with Crippen molar-refractivity contribution < 1.29 is 14.3 Å². The van der Waals surface area contributed by atoms with Crippen molar-refractivity contribution in [3.05, 3.63) is 39.8 Å². The zero-order valence-corrected chi connectivity index (χ0v) is 11.0. The third-order valence-electron chi connectivity index (χ3n) is 3.42. The van der Waals surface area contributed by atoms with E-state index in [1.165, 1.54) is 13.3 Å². The molecule has 0 aliphatic carbocycles. The van der Waals surface area contributed by atoms with Gasteiger partial charge in [0.05, 0.1) is 29.8 Å². The number of esters is 1. The third kappa shape index (κ3) is 2.18. The lowest BCUT2D eigenvalue weighted by Crippen LogP contribution is -2.16. The van der Waals surface area contributed by atoms with Crippen molar-refractivity contribution in [3.8, 4) is 0 Å². The van der Waals surface area contributed by atoms with E-state index in [-0.39, 0.29) is 11.7 Å². The Labute approximate surface area is 114 Å². The van der Waals surface area contributed by atoms with Gasteiger partial charge in [-0.2, -0.15) is 0 Å². The molecule has 3 rings (SSSR count). The summed E-state index contributed by atoms with van der Waals surface area (Å²) >= 11 is 0. The number of nitrogens with zero attached hydrogens (tertiary/aromatic N) is 1. The summed E-state index contributed by atoms with van der Waals surface area (Å²) in [6.07, 6.45) is 3.07. The first-order valence-corrected chi connectivity index (χ1v) is 6.42. The van der Waals surface area contributed by atoms with Gasteiger partial charge < -0.3 is 14.5 Å². The molecule has 0 aromatic carbocycles. The number of methoxy groups -OCH3 is 1. The van der Waals surface area contributed by atoms with Crippen LogP contribution < -0.4 is 5.56 Å². The first-order chi connectivity index (χ1) is 9.69. The molecule has 3 heterocycles. The highest BCUT2D eigenvalue weighted by molar-refractivity contribution is 5.92. The fourth-order valence-electron chi connectivity index (χ4n) is 2.39. The summed E-state index contributed by atoms with van der Waals surface area (Å²) in [5.41, 5.74) is 1.84. The fraction of sp³-hybridized carbons (Fsp3) is 0.357. The number of carbonyl (C=O) groups is 1. The molecule has 1 aliphatic rings. The van der Waals surface area contributed by atoms with Crippen LogP contribution in [-0.2, 0) is 9.47 Å². The number of ether oxygens (including phenoxy) is 2. The van der Waals surface area contributed by atoms with Crippen molar-refractivity contribution in [1.29, 1.82) is 0 Å². The summed E-state index contributed by atoms with van der Waals surface area (Å²) < 4.78 is 10.2. The Kier molecular flexibility index (Phi) is 3.23. The van der Waals surface area contributed by atoms with E-state index in [2.05, 4.69) is 14.7 Å². The van der Waals surface area contributed by atoms with Crippen LogP contribution in [0.4, 0.5) is 0 Å². The molecule has 1 unspecified atom stereocenters. The van der Waals surface area contributed by atoms with Crippen LogP contribution in [0.25, 0.3) is 11.0 Å². The molecule has 1 saturated heterocycles. The SMILES string of the molecule is COC(=O)c1cnc2cc(C3CCCO3)c(=O)[nH]c2c1. The van der Waals surface area contributed by atoms with Crippen LogP contribution in [0, 0.1) is 0 Å². The first-order valence-electron chi connectivity index (χ1n) is 6.42. The number of aromatic nitrogens is 2. The number of aromatic amines is 1. The minimum absolute atomic E-state index is 0.162. The Morgan fingerprint density at radius 1 is 1.50 bits per heavy atom. The van der Waals surface area contributed by atoms with E-state index < -0.39 is 5.97 Å². The molecular formula is C14H14N2O4. The van der Waals surface area contributed by atoms with E-state index in [1.54, 1.807) is 12.1 Å². The zero-order valence-electron chi connectivity index (χ0n) is 11.0. The third-order valence-corrected chi connectivity index (χ3v) is 3.42. The maximum atomic E-state index is 12.1. The second-order valence-electron chi connectivity index (χ2n) is 4.70. The predicted molar refractivity (Wildman–Crippen MR) is 71.6 cm³/mol. The summed E-state index contributed by atoms with van der Waals surface area (Å²) in [7, 11) is 1.30. The molecule has 2 aromatic rings. The Morgan fingerprint density at radius 3 is 3.05 bits per heavy atom. The molecule has 0 spiro atoms. The number of pyridine rings is 2. The summed E-state index contributed by atoms with van der Waals surface area (Å²) in [5.74, 6) is -0.483. The van der Waals surface area contributed by atoms with Crippen LogP contribution in [0.5, 0.6) is 0 Å². The highest BCUT2D eigenvalue weighted by Crippen LogP contribution is 2.27. The van der Waals surface area contributed by atoms with E-state index in [0.717, 1.165) is 12.8 Å². The zero-order chi connectivity index (χ0) is 14.1. The number of hydrogen-bond donors (Lipinski definition) is 1. The van der Waals surface area contributed by atoms with Gasteiger partial charge in [0.25, 0.3) is 5.56 Å². The molecule has 1 aliphatic heterocycles. The van der Waals surface area contributed by atoms with Gasteiger partial charge in [-0.05, 0) is 25.0 Å². The molecule has 6 heteroatoms. The van der Waals surface area contributed by atoms with Crippen molar-refractivity contribution >= 4 is 17.0 Å². The molecular weight excluding hydrogens is 260 g/mol. The maximum Gasteiger partial charge on any atom is 0.339 e. The smallest absolute Gasteiger partial charge is 0.339 e. The highest BCUT2D eigenvalue weighted by Gasteiger charge is 2.21. The normalized spacial score (nSPS) is 18.4. The minimum Gasteiger partial charge on any atom is -0.465 e. The van der Waals surface area contributed by atoms with Crippen LogP contribution in [0.15, 0.2) is 23.1 Å². The van der Waals surface area contributed by atoms with Gasteiger partial charge in [-0.1, -0.05) is 0 Å². The van der Waals surface area contributed by atoms with Crippen molar-refractivity contribution in [3.63, 3.8) is 0 Å². The topological polar surface area (TPSA) is 81.3 Å². The van der Waals surface area contributed by atoms with Gasteiger partial charge in [-0.15, -0.1) is 0 Å². The summed E-state index contributed by atoms with van der Waals surface area (Å²) in [5, 5.41) is 0. The van der Waals surface area contributed by atoms with E-state index in [0.29, 0.717) is 28.8 Å². The van der Waals surface area contributed by atoms with Gasteiger partial charge in [-0.3, -0.25) is 9.78 Å². The van der Waals surface area contributed by atoms with Crippen LogP contribution in [0.1, 0.15) is 34.9 Å². The second kappa shape index (κ2) is 5.05. The average molecular weight is 274 g/mol. The number of fused-ring (bicyclic) bond motifs is 1. The van der Waals surface area contributed by atoms with Crippen molar-refractivity contribution in [2.45, 2.75) is 18.9 Å². The highest BCUT2D eigenvalue weighted by atomic mass is 16.5. The standard InChI is InChI=1S/C14H14N2O4/c1-19-14(18)8-5-11-10(15-7-8)6-9(13(17)16-11)12-3-2-4-20-12/h5-7,12H,2-4H2,1H3,(H,16,17). The predicted octanol–water partition coefficient (Wildman–Crippen LogP) is 1.56. The first kappa shape index (κ1) is 12.8. The van der Waals surface area contributed by atoms with Crippen LogP contribution in [0.2, 0.25) is 0 Å². The van der Waals surface area contributed by atoms with Gasteiger partial charge in [0.15, 0.2) is 0 Å². The Morgan fingerprint density at radius 2 is 2.35 bits per heavy atom. The molecule has 20 heavy (non-hydrogen) atoms. The summed E-state index contributed by atoms with van der Waals surface area (Å²) in [4.78, 5) is 30.5. The Bertz CT molecular complexity index is 717. The number of hydrogen-bond acceptors (Lipinski definition) is 5. The molecule has 2 aromatic heterocycles. The Hall–Kier alpha value is -2.21. The summed E-state index contributed by atoms with van der Waals surface area (Å²) in [6.45, 7) is 0.677. The van der Waals surface area contributed by atoms with Gasteiger partial charge in [0, 0.05) is 18.4 Å². The van der Waals surface area contributed by atoms with E-state index in [9.17, 15) is 9.59 Å². The number of nitrogens with one attached hydrogen (secondary N) is 1. The van der Waals surface area contributed by atoms with E-state index >= 15 is 0 Å². The fourth-order valence-corrected chi connectivity index (χ4v) is 2.39. The van der Waals surface area contributed by atoms with Crippen LogP contribution in [0.3, 0.4) is 0 Å². The minimum atomic E-state index is -0.483. The van der Waals surface area contributed by atoms with Crippen LogP contribution in [-0.4, -0.2) is 29.7 Å². The lowest BCUT2D eigenvalue weighted by Gasteiger charge is -2.09. The molecule has 0 radical (unpaired) electrons. The molecule has 1 fully saturated rings. The largest absolute Gasteiger partial charge is 0.465 e. The molecule has 1 N–H and O–H groups in total. The van der Waals surface area contributed by atoms with Gasteiger partial charge in [-0.25, -0.2) is 4.79 Å². The molecule has 0 saturated carbocycles. The lowest BCUT2D eigenvalue weighted by molar-refractivity contribution is 0.0600. The quantitative estimate of drug-likeness (QED) is 0.840. The monoisotopic (exact) mass is 274 g/mol. The molecule has 0 amide bonds. The van der Waals surface area contributed by atoms with E-state index in [1.807, 2.05) is 0 Å². The summed E-state index contributed by atoms with van der Waals surface area (Å²) in [6, 6.07) is 3.29. The van der Waals surface area contributed by atoms with E-state index in [4.69, 9.17) is 4.74 Å². The molecule has 1 atom stereocenters. The Balaban J connectivity index is 2.08. The van der Waals surface area contributed by atoms with Crippen molar-refractivity contribution in [2.24, 2.45) is 0 Å². The lowest BCUT2D eigenvalue weighted by atomic mass is 10.1. The second-order valence-corrected chi connectivity index (χ2v) is 4.70. The molecule has 104 valence electrons. The van der Waals surface area contributed by atoms with Crippen molar-refractivity contribution in [2.75, 3.05) is 13.7 Å². The number of carbonyl (C=O) groups excluding carboxylic acids is 1. The molecule has 6 nitrogen and oxygen atoms in total. The number of rotatable bonds is 2.